The molecule has 1 fully saturated rings. The average molecular weight is 483 g/mol. The molecule has 1 aliphatic carbocycles. The highest BCUT2D eigenvalue weighted by atomic mass is 16.2. The second-order valence-electron chi connectivity index (χ2n) is 8.97. The third-order valence-corrected chi connectivity index (χ3v) is 6.53. The van der Waals surface area contributed by atoms with E-state index in [2.05, 4.69) is 25.2 Å². The largest absolute Gasteiger partial charge is 0.383 e. The Balaban J connectivity index is 1.38. The lowest BCUT2D eigenvalue weighted by atomic mass is 10.0. The second-order valence-corrected chi connectivity index (χ2v) is 8.97. The fourth-order valence-corrected chi connectivity index (χ4v) is 4.72. The van der Waals surface area contributed by atoms with E-state index >= 15 is 0 Å². The van der Waals surface area contributed by atoms with E-state index in [-0.39, 0.29) is 23.4 Å². The minimum Gasteiger partial charge on any atom is -0.383 e. The van der Waals surface area contributed by atoms with Crippen molar-refractivity contribution in [2.75, 3.05) is 16.4 Å². The van der Waals surface area contributed by atoms with Crippen LogP contribution in [0.25, 0.3) is 11.0 Å². The molecule has 0 atom stereocenters. The van der Waals surface area contributed by atoms with Crippen molar-refractivity contribution in [1.29, 1.82) is 0 Å². The van der Waals surface area contributed by atoms with E-state index in [0.29, 0.717) is 39.1 Å². The predicted octanol–water partition coefficient (Wildman–Crippen LogP) is 5.21. The van der Waals surface area contributed by atoms with Gasteiger partial charge in [0.25, 0.3) is 0 Å². The van der Waals surface area contributed by atoms with Gasteiger partial charge in [0.15, 0.2) is 11.6 Å². The van der Waals surface area contributed by atoms with Crippen molar-refractivity contribution in [1.82, 2.24) is 14.5 Å². The first kappa shape index (κ1) is 23.2. The van der Waals surface area contributed by atoms with Crippen molar-refractivity contribution in [3.8, 4) is 0 Å². The van der Waals surface area contributed by atoms with Crippen molar-refractivity contribution in [2.45, 2.75) is 38.6 Å². The molecule has 9 nitrogen and oxygen atoms in total. The number of carbonyl (C=O) groups excluding carboxylic acids is 3. The van der Waals surface area contributed by atoms with E-state index in [1.807, 2.05) is 6.20 Å². The highest BCUT2D eigenvalue weighted by Gasteiger charge is 2.25. The standard InChI is InChI=1S/C27H26N6O3/c1-16(34)17-9-11-19(12-10-17)31-27(36)32-20-6-4-5-18(13-20)24(35)22-14-33(21-7-2-3-8-21)26-23(22)25(28)29-15-30-26/h4-6,9-15,21H,2-3,7-8H2,1H3,(H2,28,29,30)(H2,31,32,36). The fraction of sp³-hybridized carbons (Fsp3) is 0.222. The number of nitrogens with zero attached hydrogens (tertiary/aromatic N) is 3. The molecule has 182 valence electrons. The summed E-state index contributed by atoms with van der Waals surface area (Å²) in [5.41, 5.74) is 9.27. The first-order valence-corrected chi connectivity index (χ1v) is 11.9. The third kappa shape index (κ3) is 4.55. The average Bonchev–Trinajstić information content (AvgIpc) is 3.53. The van der Waals surface area contributed by atoms with Crippen LogP contribution in [0.5, 0.6) is 0 Å². The van der Waals surface area contributed by atoms with Crippen LogP contribution in [-0.4, -0.2) is 32.1 Å². The van der Waals surface area contributed by atoms with Gasteiger partial charge in [0.2, 0.25) is 0 Å². The van der Waals surface area contributed by atoms with Gasteiger partial charge in [0.05, 0.1) is 10.9 Å². The van der Waals surface area contributed by atoms with Crippen LogP contribution < -0.4 is 16.4 Å². The van der Waals surface area contributed by atoms with Crippen molar-refractivity contribution in [2.24, 2.45) is 0 Å². The number of fused-ring (bicyclic) bond motifs is 1. The van der Waals surface area contributed by atoms with Crippen LogP contribution in [-0.2, 0) is 0 Å². The summed E-state index contributed by atoms with van der Waals surface area (Å²) < 4.78 is 2.06. The van der Waals surface area contributed by atoms with Crippen LogP contribution in [0.3, 0.4) is 0 Å². The molecule has 0 unspecified atom stereocenters. The van der Waals surface area contributed by atoms with Crippen LogP contribution in [0.2, 0.25) is 0 Å². The highest BCUT2D eigenvalue weighted by Crippen LogP contribution is 2.35. The maximum absolute atomic E-state index is 13.6. The Morgan fingerprint density at radius 3 is 2.39 bits per heavy atom. The molecule has 36 heavy (non-hydrogen) atoms. The summed E-state index contributed by atoms with van der Waals surface area (Å²) in [6.45, 7) is 1.48. The Morgan fingerprint density at radius 2 is 1.67 bits per heavy atom. The summed E-state index contributed by atoms with van der Waals surface area (Å²) >= 11 is 0. The number of anilines is 3. The number of hydrogen-bond acceptors (Lipinski definition) is 6. The summed E-state index contributed by atoms with van der Waals surface area (Å²) in [6, 6.07) is 13.2. The van der Waals surface area contributed by atoms with Gasteiger partial charge in [-0.15, -0.1) is 0 Å². The molecule has 9 heteroatoms. The molecule has 4 N–H and O–H groups in total. The number of nitrogens with two attached hydrogens (primary N) is 1. The zero-order chi connectivity index (χ0) is 25.2. The molecule has 5 rings (SSSR count). The smallest absolute Gasteiger partial charge is 0.323 e. The van der Waals surface area contributed by atoms with E-state index in [0.717, 1.165) is 25.7 Å². The minimum absolute atomic E-state index is 0.0489. The Kier molecular flexibility index (Phi) is 6.20. The van der Waals surface area contributed by atoms with Gasteiger partial charge in [-0.3, -0.25) is 9.59 Å². The molecule has 2 aromatic carbocycles. The number of hydrogen-bond donors (Lipinski definition) is 3. The number of nitrogen functional groups attached to an aromatic ring is 1. The number of carbonyl (C=O) groups is 3. The molecule has 0 saturated heterocycles. The van der Waals surface area contributed by atoms with Gasteiger partial charge < -0.3 is 20.9 Å². The van der Waals surface area contributed by atoms with E-state index in [1.54, 1.807) is 48.5 Å². The zero-order valence-electron chi connectivity index (χ0n) is 19.8. The van der Waals surface area contributed by atoms with E-state index in [9.17, 15) is 14.4 Å². The molecule has 1 aliphatic rings. The Morgan fingerprint density at radius 1 is 0.944 bits per heavy atom. The van der Waals surface area contributed by atoms with Gasteiger partial charge >= 0.3 is 6.03 Å². The monoisotopic (exact) mass is 482 g/mol. The molecular weight excluding hydrogens is 456 g/mol. The summed E-state index contributed by atoms with van der Waals surface area (Å²) in [5, 5.41) is 6.02. The molecule has 2 aromatic heterocycles. The number of Topliss-reactive ketones (excluding diaryl/α,β-unsaturated/α-hetero) is 1. The lowest BCUT2D eigenvalue weighted by Gasteiger charge is -2.12. The van der Waals surface area contributed by atoms with Crippen LogP contribution >= 0.6 is 0 Å². The fourth-order valence-electron chi connectivity index (χ4n) is 4.72. The molecule has 1 saturated carbocycles. The summed E-state index contributed by atoms with van der Waals surface area (Å²) in [5.74, 6) is -0.00108. The van der Waals surface area contributed by atoms with Gasteiger partial charge in [-0.05, 0) is 56.2 Å². The van der Waals surface area contributed by atoms with Crippen molar-refractivity contribution in [3.63, 3.8) is 0 Å². The SMILES string of the molecule is CC(=O)c1ccc(NC(=O)Nc2cccc(C(=O)c3cn(C4CCCC4)c4ncnc(N)c34)c2)cc1. The lowest BCUT2D eigenvalue weighted by Crippen LogP contribution is -2.19. The zero-order valence-corrected chi connectivity index (χ0v) is 19.8. The molecule has 2 heterocycles. The number of aromatic nitrogens is 3. The number of rotatable bonds is 6. The quantitative estimate of drug-likeness (QED) is 0.323. The van der Waals surface area contributed by atoms with Gasteiger partial charge in [-0.25, -0.2) is 14.8 Å². The van der Waals surface area contributed by atoms with Crippen molar-refractivity contribution < 1.29 is 14.4 Å². The van der Waals surface area contributed by atoms with E-state index < -0.39 is 6.03 Å². The highest BCUT2D eigenvalue weighted by molar-refractivity contribution is 6.18. The third-order valence-electron chi connectivity index (χ3n) is 6.53. The van der Waals surface area contributed by atoms with Crippen molar-refractivity contribution in [3.05, 3.63) is 77.7 Å². The van der Waals surface area contributed by atoms with E-state index in [1.165, 1.54) is 13.3 Å². The van der Waals surface area contributed by atoms with Gasteiger partial charge in [0, 0.05) is 34.7 Å². The summed E-state index contributed by atoms with van der Waals surface area (Å²) in [6.07, 6.45) is 7.62. The molecule has 2 amide bonds. The maximum Gasteiger partial charge on any atom is 0.323 e. The number of nitrogens with one attached hydrogen (secondary N) is 2. The normalized spacial score (nSPS) is 13.6. The van der Waals surface area contributed by atoms with Gasteiger partial charge in [-0.2, -0.15) is 0 Å². The molecule has 0 spiro atoms. The number of benzene rings is 2. The molecule has 0 radical (unpaired) electrons. The van der Waals surface area contributed by atoms with Crippen LogP contribution in [0, 0.1) is 0 Å². The van der Waals surface area contributed by atoms with E-state index in [4.69, 9.17) is 5.73 Å². The Labute approximate surface area is 207 Å². The predicted molar refractivity (Wildman–Crippen MR) is 138 cm³/mol. The number of amides is 2. The molecule has 4 aromatic rings. The Bertz CT molecular complexity index is 1470. The lowest BCUT2D eigenvalue weighted by molar-refractivity contribution is 0.101. The van der Waals surface area contributed by atoms with Crippen LogP contribution in [0.4, 0.5) is 22.0 Å². The molecule has 0 bridgehead atoms. The van der Waals surface area contributed by atoms with Crippen LogP contribution in [0.1, 0.15) is 64.9 Å². The van der Waals surface area contributed by atoms with Crippen LogP contribution in [0.15, 0.2) is 61.1 Å². The summed E-state index contributed by atoms with van der Waals surface area (Å²) in [4.78, 5) is 46.1. The van der Waals surface area contributed by atoms with Crippen molar-refractivity contribution >= 4 is 45.8 Å². The molecule has 0 aliphatic heterocycles. The van der Waals surface area contributed by atoms with Gasteiger partial charge in [0.1, 0.15) is 17.8 Å². The Hall–Kier alpha value is -4.53. The first-order valence-electron chi connectivity index (χ1n) is 11.9. The first-order chi connectivity index (χ1) is 17.4. The number of ketones is 2. The minimum atomic E-state index is -0.467. The second kappa shape index (κ2) is 9.61. The topological polar surface area (TPSA) is 132 Å². The summed E-state index contributed by atoms with van der Waals surface area (Å²) in [7, 11) is 0. The maximum atomic E-state index is 13.6. The molecular formula is C27H26N6O3. The number of urea groups is 1. The van der Waals surface area contributed by atoms with Gasteiger partial charge in [-0.1, -0.05) is 25.0 Å².